The van der Waals surface area contributed by atoms with E-state index in [1.54, 1.807) is 0 Å². The van der Waals surface area contributed by atoms with E-state index in [-0.39, 0.29) is 0 Å². The summed E-state index contributed by atoms with van der Waals surface area (Å²) in [5, 5.41) is 0. The molecule has 1 unspecified atom stereocenters. The summed E-state index contributed by atoms with van der Waals surface area (Å²) in [6.45, 7) is 9.54. The van der Waals surface area contributed by atoms with Crippen molar-refractivity contribution >= 4 is 0 Å². The fourth-order valence-corrected chi connectivity index (χ4v) is 4.34. The quantitative estimate of drug-likeness (QED) is 0.197. The zero-order valence-electron chi connectivity index (χ0n) is 20.1. The molecule has 0 N–H and O–H groups in total. The first-order chi connectivity index (χ1) is 14.3. The average Bonchev–Trinajstić information content (AvgIpc) is 2.76. The highest BCUT2D eigenvalue weighted by Gasteiger charge is 2.14. The molecule has 0 saturated heterocycles. The Morgan fingerprint density at radius 3 is 1.34 bits per heavy atom. The molecule has 0 fully saturated rings. The van der Waals surface area contributed by atoms with Crippen LogP contribution in [0.2, 0.25) is 0 Å². The predicted molar refractivity (Wildman–Crippen MR) is 132 cm³/mol. The highest BCUT2D eigenvalue weighted by atomic mass is 15.1. The van der Waals surface area contributed by atoms with Gasteiger partial charge in [0.15, 0.2) is 0 Å². The largest absolute Gasteiger partial charge is 0.297 e. The topological polar surface area (TPSA) is 3.24 Å². The molecule has 0 amide bonds. The van der Waals surface area contributed by atoms with Crippen molar-refractivity contribution in [2.24, 2.45) is 0 Å². The molecule has 0 aliphatic carbocycles. The Balaban J connectivity index is 2.28. The minimum absolute atomic E-state index is 0.547. The predicted octanol–water partition coefficient (Wildman–Crippen LogP) is 9.33. The van der Waals surface area contributed by atoms with Crippen LogP contribution in [0.4, 0.5) is 0 Å². The van der Waals surface area contributed by atoms with Crippen LogP contribution in [-0.4, -0.2) is 18.0 Å². The lowest BCUT2D eigenvalue weighted by Crippen LogP contribution is -2.29. The van der Waals surface area contributed by atoms with Crippen LogP contribution in [0.15, 0.2) is 30.3 Å². The second-order valence-corrected chi connectivity index (χ2v) is 9.07. The van der Waals surface area contributed by atoms with E-state index in [1.165, 1.54) is 121 Å². The minimum atomic E-state index is 0.547. The Kier molecular flexibility index (Phi) is 17.3. The SMILES string of the molecule is CCCCCCCCCCN(CCCCCCCCCC)C(C)c1ccccc1. The van der Waals surface area contributed by atoms with Gasteiger partial charge in [0, 0.05) is 6.04 Å². The summed E-state index contributed by atoms with van der Waals surface area (Å²) in [7, 11) is 0. The van der Waals surface area contributed by atoms with Crippen LogP contribution in [-0.2, 0) is 0 Å². The number of hydrogen-bond acceptors (Lipinski definition) is 1. The van der Waals surface area contributed by atoms with Crippen molar-refractivity contribution in [2.75, 3.05) is 13.1 Å². The van der Waals surface area contributed by atoms with E-state index in [0.29, 0.717) is 6.04 Å². The molecule has 1 aromatic carbocycles. The van der Waals surface area contributed by atoms with Crippen molar-refractivity contribution in [1.82, 2.24) is 4.90 Å². The zero-order valence-corrected chi connectivity index (χ0v) is 20.1. The fourth-order valence-electron chi connectivity index (χ4n) is 4.34. The maximum Gasteiger partial charge on any atom is 0.0319 e. The molecule has 1 nitrogen and oxygen atoms in total. The molecule has 1 atom stereocenters. The third-order valence-corrected chi connectivity index (χ3v) is 6.43. The second kappa shape index (κ2) is 19.2. The van der Waals surface area contributed by atoms with Gasteiger partial charge in [-0.15, -0.1) is 0 Å². The number of nitrogens with zero attached hydrogens (tertiary/aromatic N) is 1. The maximum atomic E-state index is 2.75. The molecule has 0 heterocycles. The highest BCUT2D eigenvalue weighted by Crippen LogP contribution is 2.22. The standard InChI is InChI=1S/C28H51N/c1-4-6-8-10-12-14-16-21-25-29(27(3)28-23-19-18-20-24-28)26-22-17-15-13-11-9-7-5-2/h18-20,23-24,27H,4-17,21-22,25-26H2,1-3H3. The molecular formula is C28H51N. The molecule has 0 saturated carbocycles. The Morgan fingerprint density at radius 2 is 0.931 bits per heavy atom. The summed E-state index contributed by atoms with van der Waals surface area (Å²) in [6, 6.07) is 11.7. The molecule has 0 aromatic heterocycles. The second-order valence-electron chi connectivity index (χ2n) is 9.07. The fraction of sp³-hybridized carbons (Fsp3) is 0.786. The van der Waals surface area contributed by atoms with Crippen LogP contribution < -0.4 is 0 Å². The third kappa shape index (κ3) is 13.9. The van der Waals surface area contributed by atoms with Gasteiger partial charge in [-0.1, -0.05) is 134 Å². The maximum absolute atomic E-state index is 2.75. The van der Waals surface area contributed by atoms with Gasteiger partial charge in [-0.25, -0.2) is 0 Å². The van der Waals surface area contributed by atoms with Gasteiger partial charge in [0.05, 0.1) is 0 Å². The van der Waals surface area contributed by atoms with Crippen molar-refractivity contribution < 1.29 is 0 Å². The lowest BCUT2D eigenvalue weighted by molar-refractivity contribution is 0.201. The van der Waals surface area contributed by atoms with E-state index in [9.17, 15) is 0 Å². The first-order valence-corrected chi connectivity index (χ1v) is 13.1. The molecule has 1 aromatic rings. The molecule has 0 radical (unpaired) electrons. The van der Waals surface area contributed by atoms with Gasteiger partial charge in [-0.05, 0) is 38.4 Å². The monoisotopic (exact) mass is 401 g/mol. The van der Waals surface area contributed by atoms with Gasteiger partial charge in [0.2, 0.25) is 0 Å². The molecule has 1 heteroatoms. The van der Waals surface area contributed by atoms with Gasteiger partial charge in [0.1, 0.15) is 0 Å². The van der Waals surface area contributed by atoms with E-state index in [2.05, 4.69) is 56.0 Å². The Bertz CT molecular complexity index is 421. The van der Waals surface area contributed by atoms with Gasteiger partial charge in [-0.2, -0.15) is 0 Å². The summed E-state index contributed by atoms with van der Waals surface area (Å²) >= 11 is 0. The average molecular weight is 402 g/mol. The molecular weight excluding hydrogens is 350 g/mol. The van der Waals surface area contributed by atoms with Gasteiger partial charge < -0.3 is 0 Å². The van der Waals surface area contributed by atoms with E-state index in [1.807, 2.05) is 0 Å². The van der Waals surface area contributed by atoms with E-state index in [0.717, 1.165) is 0 Å². The van der Waals surface area contributed by atoms with Crippen molar-refractivity contribution in [2.45, 2.75) is 130 Å². The van der Waals surface area contributed by atoms with Crippen LogP contribution in [0.25, 0.3) is 0 Å². The molecule has 168 valence electrons. The van der Waals surface area contributed by atoms with Crippen LogP contribution in [0.1, 0.15) is 135 Å². The van der Waals surface area contributed by atoms with Crippen molar-refractivity contribution in [1.29, 1.82) is 0 Å². The highest BCUT2D eigenvalue weighted by molar-refractivity contribution is 5.18. The summed E-state index contributed by atoms with van der Waals surface area (Å²) in [4.78, 5) is 2.75. The Morgan fingerprint density at radius 1 is 0.552 bits per heavy atom. The molecule has 1 rings (SSSR count). The lowest BCUT2D eigenvalue weighted by Gasteiger charge is -2.29. The molecule has 0 aliphatic rings. The molecule has 0 spiro atoms. The molecule has 0 aliphatic heterocycles. The van der Waals surface area contributed by atoms with Crippen LogP contribution in [0.3, 0.4) is 0 Å². The van der Waals surface area contributed by atoms with Gasteiger partial charge >= 0.3 is 0 Å². The van der Waals surface area contributed by atoms with Gasteiger partial charge in [0.25, 0.3) is 0 Å². The normalized spacial score (nSPS) is 12.6. The van der Waals surface area contributed by atoms with Gasteiger partial charge in [-0.3, -0.25) is 4.90 Å². The lowest BCUT2D eigenvalue weighted by atomic mass is 10.0. The Hall–Kier alpha value is -0.820. The number of hydrogen-bond donors (Lipinski definition) is 0. The van der Waals surface area contributed by atoms with E-state index < -0.39 is 0 Å². The summed E-state index contributed by atoms with van der Waals surface area (Å²) in [5.41, 5.74) is 1.48. The Labute approximate surface area is 183 Å². The summed E-state index contributed by atoms with van der Waals surface area (Å²) in [6.07, 6.45) is 22.6. The summed E-state index contributed by atoms with van der Waals surface area (Å²) in [5.74, 6) is 0. The van der Waals surface area contributed by atoms with Crippen LogP contribution >= 0.6 is 0 Å². The molecule has 29 heavy (non-hydrogen) atoms. The smallest absolute Gasteiger partial charge is 0.0319 e. The first-order valence-electron chi connectivity index (χ1n) is 13.1. The summed E-state index contributed by atoms with van der Waals surface area (Å²) < 4.78 is 0. The number of unbranched alkanes of at least 4 members (excludes halogenated alkanes) is 14. The molecule has 0 bridgehead atoms. The van der Waals surface area contributed by atoms with E-state index >= 15 is 0 Å². The van der Waals surface area contributed by atoms with Crippen molar-refractivity contribution in [3.8, 4) is 0 Å². The minimum Gasteiger partial charge on any atom is -0.297 e. The van der Waals surface area contributed by atoms with Crippen molar-refractivity contribution in [3.63, 3.8) is 0 Å². The van der Waals surface area contributed by atoms with Crippen molar-refractivity contribution in [3.05, 3.63) is 35.9 Å². The van der Waals surface area contributed by atoms with Crippen LogP contribution in [0, 0.1) is 0 Å². The number of benzene rings is 1. The number of rotatable bonds is 20. The zero-order chi connectivity index (χ0) is 21.0. The third-order valence-electron chi connectivity index (χ3n) is 6.43. The van der Waals surface area contributed by atoms with Crippen LogP contribution in [0.5, 0.6) is 0 Å². The van der Waals surface area contributed by atoms with E-state index in [4.69, 9.17) is 0 Å². The first kappa shape index (κ1) is 26.2.